The van der Waals surface area contributed by atoms with Gasteiger partial charge in [-0.15, -0.1) is 11.6 Å². The SMILES string of the molecule is O=C(Nc1c(Cl)cc(Br)cc1Cl)c1ccc(CCl)cc1. The van der Waals surface area contributed by atoms with Crippen molar-refractivity contribution in [3.8, 4) is 0 Å². The molecule has 104 valence electrons. The number of benzene rings is 2. The number of amides is 1. The number of carbonyl (C=O) groups excluding carboxylic acids is 1. The average molecular weight is 393 g/mol. The number of halogens is 4. The maximum atomic E-state index is 12.1. The standard InChI is InChI=1S/C14H9BrCl3NO/c15-10-5-11(17)13(12(18)6-10)19-14(20)9-3-1-8(7-16)2-4-9/h1-6H,7H2,(H,19,20). The van der Waals surface area contributed by atoms with Crippen LogP contribution in [0.5, 0.6) is 0 Å². The third kappa shape index (κ3) is 3.67. The Morgan fingerprint density at radius 3 is 2.15 bits per heavy atom. The predicted molar refractivity (Wildman–Crippen MR) is 88.1 cm³/mol. The van der Waals surface area contributed by atoms with E-state index in [0.29, 0.717) is 27.2 Å². The van der Waals surface area contributed by atoms with Crippen LogP contribution in [0.25, 0.3) is 0 Å². The Hall–Kier alpha value is -0.740. The number of anilines is 1. The van der Waals surface area contributed by atoms with Gasteiger partial charge in [0, 0.05) is 15.9 Å². The van der Waals surface area contributed by atoms with Gasteiger partial charge in [-0.05, 0) is 29.8 Å². The molecule has 0 aliphatic heterocycles. The van der Waals surface area contributed by atoms with Crippen LogP contribution >= 0.6 is 50.7 Å². The van der Waals surface area contributed by atoms with Gasteiger partial charge < -0.3 is 5.32 Å². The zero-order valence-corrected chi connectivity index (χ0v) is 13.9. The first-order chi connectivity index (χ1) is 9.51. The van der Waals surface area contributed by atoms with Crippen molar-refractivity contribution in [2.45, 2.75) is 5.88 Å². The molecule has 0 heterocycles. The second-order valence-electron chi connectivity index (χ2n) is 4.03. The first-order valence-corrected chi connectivity index (χ1v) is 7.70. The monoisotopic (exact) mass is 391 g/mol. The van der Waals surface area contributed by atoms with Crippen molar-refractivity contribution >= 4 is 62.3 Å². The fourth-order valence-electron chi connectivity index (χ4n) is 1.59. The van der Waals surface area contributed by atoms with E-state index in [4.69, 9.17) is 34.8 Å². The molecule has 2 rings (SSSR count). The van der Waals surface area contributed by atoms with Gasteiger partial charge in [-0.2, -0.15) is 0 Å². The Morgan fingerprint density at radius 2 is 1.65 bits per heavy atom. The Morgan fingerprint density at radius 1 is 1.10 bits per heavy atom. The van der Waals surface area contributed by atoms with Crippen LogP contribution in [0.4, 0.5) is 5.69 Å². The minimum absolute atomic E-state index is 0.280. The summed E-state index contributed by atoms with van der Waals surface area (Å²) >= 11 is 21.1. The van der Waals surface area contributed by atoms with Gasteiger partial charge in [0.05, 0.1) is 15.7 Å². The van der Waals surface area contributed by atoms with Gasteiger partial charge in [0.2, 0.25) is 0 Å². The highest BCUT2D eigenvalue weighted by Gasteiger charge is 2.12. The van der Waals surface area contributed by atoms with E-state index < -0.39 is 0 Å². The van der Waals surface area contributed by atoms with Crippen molar-refractivity contribution in [1.29, 1.82) is 0 Å². The second kappa shape index (κ2) is 6.81. The molecular formula is C14H9BrCl3NO. The number of carbonyl (C=O) groups is 1. The molecule has 1 amide bonds. The molecule has 0 saturated carbocycles. The van der Waals surface area contributed by atoms with Gasteiger partial charge in [-0.1, -0.05) is 51.3 Å². The van der Waals surface area contributed by atoms with E-state index in [1.54, 1.807) is 36.4 Å². The largest absolute Gasteiger partial charge is 0.319 e. The van der Waals surface area contributed by atoms with Crippen LogP contribution in [0.3, 0.4) is 0 Å². The average Bonchev–Trinajstić information content (AvgIpc) is 2.42. The first kappa shape index (κ1) is 15.6. The molecule has 0 aliphatic rings. The highest BCUT2D eigenvalue weighted by molar-refractivity contribution is 9.10. The second-order valence-corrected chi connectivity index (χ2v) is 6.03. The molecule has 20 heavy (non-hydrogen) atoms. The Balaban J connectivity index is 2.23. The lowest BCUT2D eigenvalue weighted by Gasteiger charge is -2.10. The summed E-state index contributed by atoms with van der Waals surface area (Å²) in [6, 6.07) is 10.3. The van der Waals surface area contributed by atoms with Crippen molar-refractivity contribution in [3.05, 3.63) is 62.0 Å². The van der Waals surface area contributed by atoms with E-state index in [9.17, 15) is 4.79 Å². The van der Waals surface area contributed by atoms with Crippen LogP contribution in [0.1, 0.15) is 15.9 Å². The molecule has 0 radical (unpaired) electrons. The van der Waals surface area contributed by atoms with E-state index >= 15 is 0 Å². The maximum absolute atomic E-state index is 12.1. The van der Waals surface area contributed by atoms with Crippen molar-refractivity contribution < 1.29 is 4.79 Å². The van der Waals surface area contributed by atoms with Crippen LogP contribution in [0.2, 0.25) is 10.0 Å². The fourth-order valence-corrected chi connectivity index (χ4v) is 3.07. The lowest BCUT2D eigenvalue weighted by Crippen LogP contribution is -2.12. The Kier molecular flexibility index (Phi) is 5.33. The molecule has 2 aromatic rings. The summed E-state index contributed by atoms with van der Waals surface area (Å²) in [7, 11) is 0. The van der Waals surface area contributed by atoms with Crippen molar-refractivity contribution in [2.75, 3.05) is 5.32 Å². The number of hydrogen-bond acceptors (Lipinski definition) is 1. The van der Waals surface area contributed by atoms with Crippen molar-refractivity contribution in [1.82, 2.24) is 0 Å². The molecule has 6 heteroatoms. The lowest BCUT2D eigenvalue weighted by atomic mass is 10.1. The van der Waals surface area contributed by atoms with Gasteiger partial charge in [0.1, 0.15) is 0 Å². The summed E-state index contributed by atoms with van der Waals surface area (Å²) in [6.45, 7) is 0. The van der Waals surface area contributed by atoms with E-state index in [1.807, 2.05) is 0 Å². The molecule has 0 bridgehead atoms. The van der Waals surface area contributed by atoms with E-state index in [0.717, 1.165) is 10.0 Å². The molecule has 0 spiro atoms. The Bertz CT molecular complexity index is 620. The highest BCUT2D eigenvalue weighted by atomic mass is 79.9. The maximum Gasteiger partial charge on any atom is 0.255 e. The minimum atomic E-state index is -0.280. The van der Waals surface area contributed by atoms with Crippen molar-refractivity contribution in [3.63, 3.8) is 0 Å². The molecule has 2 aromatic carbocycles. The topological polar surface area (TPSA) is 29.1 Å². The van der Waals surface area contributed by atoms with E-state index in [1.165, 1.54) is 0 Å². The summed E-state index contributed by atoms with van der Waals surface area (Å²) in [6.07, 6.45) is 0. The molecule has 0 unspecified atom stereocenters. The highest BCUT2D eigenvalue weighted by Crippen LogP contribution is 2.34. The van der Waals surface area contributed by atoms with E-state index in [-0.39, 0.29) is 5.91 Å². The van der Waals surface area contributed by atoms with Gasteiger partial charge >= 0.3 is 0 Å². The van der Waals surface area contributed by atoms with Gasteiger partial charge in [-0.25, -0.2) is 0 Å². The summed E-state index contributed by atoms with van der Waals surface area (Å²) in [4.78, 5) is 12.1. The minimum Gasteiger partial charge on any atom is -0.319 e. The molecule has 0 aliphatic carbocycles. The molecule has 2 nitrogen and oxygen atoms in total. The fraction of sp³-hybridized carbons (Fsp3) is 0.0714. The normalized spacial score (nSPS) is 10.4. The summed E-state index contributed by atoms with van der Waals surface area (Å²) < 4.78 is 0.747. The predicted octanol–water partition coefficient (Wildman–Crippen LogP) is 5.75. The quantitative estimate of drug-likeness (QED) is 0.661. The van der Waals surface area contributed by atoms with Crippen LogP contribution < -0.4 is 5.32 Å². The summed E-state index contributed by atoms with van der Waals surface area (Å²) in [5, 5.41) is 3.44. The smallest absolute Gasteiger partial charge is 0.255 e. The molecular weight excluding hydrogens is 384 g/mol. The molecule has 0 aromatic heterocycles. The third-order valence-corrected chi connectivity index (χ3v) is 3.98. The van der Waals surface area contributed by atoms with Crippen LogP contribution in [0.15, 0.2) is 40.9 Å². The lowest BCUT2D eigenvalue weighted by molar-refractivity contribution is 0.102. The van der Waals surface area contributed by atoms with Crippen LogP contribution in [0, 0.1) is 0 Å². The molecule has 0 saturated heterocycles. The third-order valence-electron chi connectivity index (χ3n) is 2.62. The number of alkyl halides is 1. The zero-order valence-electron chi connectivity index (χ0n) is 10.1. The van der Waals surface area contributed by atoms with Gasteiger partial charge in [0.15, 0.2) is 0 Å². The molecule has 0 fully saturated rings. The van der Waals surface area contributed by atoms with E-state index in [2.05, 4.69) is 21.2 Å². The number of nitrogens with one attached hydrogen (secondary N) is 1. The molecule has 0 atom stereocenters. The van der Waals surface area contributed by atoms with Gasteiger partial charge in [0.25, 0.3) is 5.91 Å². The zero-order chi connectivity index (χ0) is 14.7. The Labute approximate surface area is 140 Å². The summed E-state index contributed by atoms with van der Waals surface area (Å²) in [5.74, 6) is 0.129. The van der Waals surface area contributed by atoms with Crippen molar-refractivity contribution in [2.24, 2.45) is 0 Å². The van der Waals surface area contributed by atoms with Crippen LogP contribution in [-0.2, 0) is 5.88 Å². The summed E-state index contributed by atoms with van der Waals surface area (Å²) in [5.41, 5.74) is 1.85. The molecule has 1 N–H and O–H groups in total. The first-order valence-electron chi connectivity index (χ1n) is 5.62. The van der Waals surface area contributed by atoms with Crippen LogP contribution in [-0.4, -0.2) is 5.91 Å². The number of rotatable bonds is 3. The van der Waals surface area contributed by atoms with Gasteiger partial charge in [-0.3, -0.25) is 4.79 Å². The number of hydrogen-bond donors (Lipinski definition) is 1.